The average Bonchev–Trinajstić information content (AvgIpc) is 3.44. The molecule has 4 rings (SSSR count). The van der Waals surface area contributed by atoms with Crippen molar-refractivity contribution in [1.82, 2.24) is 20.0 Å². The first-order valence-electron chi connectivity index (χ1n) is 11.9. The number of nitrogens with zero attached hydrogens (tertiary/aromatic N) is 4. The highest BCUT2D eigenvalue weighted by Crippen LogP contribution is 2.29. The van der Waals surface area contributed by atoms with Crippen LogP contribution in [-0.4, -0.2) is 37.9 Å². The van der Waals surface area contributed by atoms with Crippen LogP contribution in [0.1, 0.15) is 48.5 Å². The number of carbonyl (C=O) groups excluding carboxylic acids is 2. The molecular formula is C27H33N5O5. The highest BCUT2D eigenvalue weighted by atomic mass is 16.6. The van der Waals surface area contributed by atoms with E-state index in [0.717, 1.165) is 21.8 Å². The van der Waals surface area contributed by atoms with Gasteiger partial charge >= 0.3 is 12.2 Å². The summed E-state index contributed by atoms with van der Waals surface area (Å²) in [6.07, 6.45) is 1.46. The SMILES string of the molecule is CC(C)(C)OC(=O)NN(C(=O)OC(C)(C)C)c1ccc2c(cc(-c3ncco3)n2Cc2ccccc2)n1.[HH]. The van der Waals surface area contributed by atoms with Gasteiger partial charge in [-0.05, 0) is 65.3 Å². The van der Waals surface area contributed by atoms with Crippen LogP contribution >= 0.6 is 0 Å². The summed E-state index contributed by atoms with van der Waals surface area (Å²) in [4.78, 5) is 34.6. The van der Waals surface area contributed by atoms with Crippen molar-refractivity contribution in [3.05, 3.63) is 66.6 Å². The van der Waals surface area contributed by atoms with Crippen LogP contribution in [0.15, 0.2) is 65.4 Å². The molecule has 0 unspecified atom stereocenters. The van der Waals surface area contributed by atoms with Gasteiger partial charge in [0, 0.05) is 7.97 Å². The number of rotatable bonds is 4. The van der Waals surface area contributed by atoms with Gasteiger partial charge < -0.3 is 18.5 Å². The summed E-state index contributed by atoms with van der Waals surface area (Å²) >= 11 is 0. The monoisotopic (exact) mass is 507 g/mol. The summed E-state index contributed by atoms with van der Waals surface area (Å²) in [5.74, 6) is 0.592. The van der Waals surface area contributed by atoms with Gasteiger partial charge in [0.25, 0.3) is 0 Å². The van der Waals surface area contributed by atoms with Crippen molar-refractivity contribution in [3.63, 3.8) is 0 Å². The number of benzene rings is 1. The number of carbonyl (C=O) groups is 2. The number of anilines is 1. The van der Waals surface area contributed by atoms with Crippen LogP contribution in [0, 0.1) is 0 Å². The highest BCUT2D eigenvalue weighted by Gasteiger charge is 2.29. The number of oxazole rings is 1. The molecule has 0 bridgehead atoms. The van der Waals surface area contributed by atoms with Crippen LogP contribution in [0.3, 0.4) is 0 Å². The van der Waals surface area contributed by atoms with E-state index in [4.69, 9.17) is 13.9 Å². The lowest BCUT2D eigenvalue weighted by molar-refractivity contribution is 0.0424. The minimum atomic E-state index is -0.817. The number of ether oxygens (including phenoxy) is 2. The predicted molar refractivity (Wildman–Crippen MR) is 141 cm³/mol. The summed E-state index contributed by atoms with van der Waals surface area (Å²) in [6, 6.07) is 15.2. The van der Waals surface area contributed by atoms with E-state index in [2.05, 4.69) is 15.4 Å². The van der Waals surface area contributed by atoms with Crippen LogP contribution in [-0.2, 0) is 16.0 Å². The van der Waals surface area contributed by atoms with Gasteiger partial charge in [0.2, 0.25) is 5.89 Å². The molecule has 0 spiro atoms. The third-order valence-corrected chi connectivity index (χ3v) is 4.98. The fraction of sp³-hybridized carbons (Fsp3) is 0.333. The first-order valence-corrected chi connectivity index (χ1v) is 11.9. The van der Waals surface area contributed by atoms with E-state index < -0.39 is 23.4 Å². The van der Waals surface area contributed by atoms with Gasteiger partial charge in [0.1, 0.15) is 23.2 Å². The average molecular weight is 508 g/mol. The molecule has 37 heavy (non-hydrogen) atoms. The summed E-state index contributed by atoms with van der Waals surface area (Å²) < 4.78 is 18.5. The van der Waals surface area contributed by atoms with E-state index in [0.29, 0.717) is 18.0 Å². The molecule has 2 amide bonds. The smallest absolute Gasteiger partial charge is 0.435 e. The Bertz CT molecular complexity index is 1390. The van der Waals surface area contributed by atoms with Crippen LogP contribution in [0.4, 0.5) is 15.4 Å². The Morgan fingerprint density at radius 2 is 1.73 bits per heavy atom. The fourth-order valence-corrected chi connectivity index (χ4v) is 3.61. The lowest BCUT2D eigenvalue weighted by Crippen LogP contribution is -2.50. The molecule has 0 aliphatic carbocycles. The molecule has 10 nitrogen and oxygen atoms in total. The number of hydrogen-bond acceptors (Lipinski definition) is 7. The lowest BCUT2D eigenvalue weighted by Gasteiger charge is -2.28. The van der Waals surface area contributed by atoms with E-state index in [1.807, 2.05) is 47.0 Å². The van der Waals surface area contributed by atoms with Crippen molar-refractivity contribution in [1.29, 1.82) is 0 Å². The second-order valence-electron chi connectivity index (χ2n) is 10.4. The second-order valence-corrected chi connectivity index (χ2v) is 10.4. The zero-order valence-electron chi connectivity index (χ0n) is 21.8. The van der Waals surface area contributed by atoms with Crippen molar-refractivity contribution in [2.45, 2.75) is 59.3 Å². The Labute approximate surface area is 216 Å². The Morgan fingerprint density at radius 3 is 2.35 bits per heavy atom. The number of amides is 2. The molecule has 0 radical (unpaired) electrons. The van der Waals surface area contributed by atoms with E-state index >= 15 is 0 Å². The fourth-order valence-electron chi connectivity index (χ4n) is 3.61. The molecule has 3 heterocycles. The van der Waals surface area contributed by atoms with Crippen LogP contribution in [0.25, 0.3) is 22.6 Å². The van der Waals surface area contributed by atoms with E-state index in [9.17, 15) is 9.59 Å². The predicted octanol–water partition coefficient (Wildman–Crippen LogP) is 6.17. The van der Waals surface area contributed by atoms with E-state index in [-0.39, 0.29) is 7.24 Å². The lowest BCUT2D eigenvalue weighted by atomic mass is 10.2. The Hall–Kier alpha value is -4.34. The van der Waals surface area contributed by atoms with Crippen molar-refractivity contribution in [2.75, 3.05) is 5.01 Å². The molecule has 0 aliphatic heterocycles. The van der Waals surface area contributed by atoms with Crippen LogP contribution in [0.5, 0.6) is 0 Å². The topological polar surface area (TPSA) is 112 Å². The molecule has 0 fully saturated rings. The minimum absolute atomic E-state index is 0. The number of nitrogens with one attached hydrogen (secondary N) is 1. The normalized spacial score (nSPS) is 11.8. The zero-order valence-corrected chi connectivity index (χ0v) is 21.8. The standard InChI is InChI=1S/C27H31N5O5.H2/c1-26(2,3)36-24(33)30-32(25(34)37-27(4,5)6)22-13-12-20-19(29-22)16-21(23-28-14-15-35-23)31(20)17-18-10-8-7-9-11-18;/h7-16H,17H2,1-6H3,(H,30,33);1H. The first-order chi connectivity index (χ1) is 17.4. The molecule has 0 atom stereocenters. The molecule has 0 aliphatic rings. The molecule has 4 aromatic rings. The largest absolute Gasteiger partial charge is 0.443 e. The molecular weight excluding hydrogens is 474 g/mol. The molecule has 196 valence electrons. The third kappa shape index (κ3) is 6.46. The molecule has 1 aromatic carbocycles. The molecule has 0 saturated heterocycles. The van der Waals surface area contributed by atoms with Crippen molar-refractivity contribution in [2.24, 2.45) is 0 Å². The maximum atomic E-state index is 13.1. The third-order valence-electron chi connectivity index (χ3n) is 4.98. The maximum absolute atomic E-state index is 13.1. The number of hydrazine groups is 1. The van der Waals surface area contributed by atoms with Gasteiger partial charge in [-0.15, -0.1) is 0 Å². The van der Waals surface area contributed by atoms with Gasteiger partial charge in [-0.1, -0.05) is 30.3 Å². The van der Waals surface area contributed by atoms with Gasteiger partial charge in [0.15, 0.2) is 5.82 Å². The summed E-state index contributed by atoms with van der Waals surface area (Å²) in [5, 5.41) is 0.943. The number of fused-ring (bicyclic) bond motifs is 1. The summed E-state index contributed by atoms with van der Waals surface area (Å²) in [5.41, 5.74) is 4.07. The summed E-state index contributed by atoms with van der Waals surface area (Å²) in [6.45, 7) is 10.9. The van der Waals surface area contributed by atoms with Gasteiger partial charge in [0.05, 0.1) is 17.2 Å². The molecule has 3 aromatic heterocycles. The zero-order chi connectivity index (χ0) is 26.8. The highest BCUT2D eigenvalue weighted by molar-refractivity contribution is 5.92. The van der Waals surface area contributed by atoms with Gasteiger partial charge in [-0.2, -0.15) is 5.01 Å². The molecule has 0 saturated carbocycles. The Balaban J connectivity index is 0.00000400. The number of pyridine rings is 1. The van der Waals surface area contributed by atoms with Crippen LogP contribution < -0.4 is 10.4 Å². The van der Waals surface area contributed by atoms with Gasteiger partial charge in [-0.3, -0.25) is 0 Å². The van der Waals surface area contributed by atoms with E-state index in [1.54, 1.807) is 53.8 Å². The first kappa shape index (κ1) is 25.7. The maximum Gasteiger partial charge on any atom is 0.435 e. The van der Waals surface area contributed by atoms with E-state index in [1.165, 1.54) is 6.26 Å². The molecule has 10 heteroatoms. The second kappa shape index (κ2) is 9.96. The Kier molecular flexibility index (Phi) is 6.93. The quantitative estimate of drug-likeness (QED) is 0.329. The van der Waals surface area contributed by atoms with Crippen molar-refractivity contribution in [3.8, 4) is 11.6 Å². The summed E-state index contributed by atoms with van der Waals surface area (Å²) in [7, 11) is 0. The Morgan fingerprint density at radius 1 is 1.03 bits per heavy atom. The number of aromatic nitrogens is 3. The van der Waals surface area contributed by atoms with Crippen molar-refractivity contribution < 1.29 is 24.9 Å². The van der Waals surface area contributed by atoms with Crippen LogP contribution in [0.2, 0.25) is 0 Å². The van der Waals surface area contributed by atoms with Gasteiger partial charge in [-0.25, -0.2) is 25.0 Å². The van der Waals surface area contributed by atoms with Crippen molar-refractivity contribution >= 4 is 29.0 Å². The number of hydrogen-bond donors (Lipinski definition) is 1. The molecule has 1 N–H and O–H groups in total. The minimum Gasteiger partial charge on any atom is -0.443 e.